The largest absolute Gasteiger partial charge is 0.480 e. The first-order valence-electron chi connectivity index (χ1n) is 6.18. The fourth-order valence-corrected chi connectivity index (χ4v) is 2.43. The molecule has 0 aromatic heterocycles. The molecule has 0 bridgehead atoms. The number of methoxy groups -OCH3 is 1. The number of ether oxygens (including phenoxy) is 1. The van der Waals surface area contributed by atoms with Gasteiger partial charge in [0.1, 0.15) is 17.7 Å². The number of nitro benzene ring substituents is 1. The summed E-state index contributed by atoms with van der Waals surface area (Å²) in [6.07, 6.45) is 0.0559. The average molecular weight is 291 g/mol. The first-order valence-corrected chi connectivity index (χ1v) is 6.18. The van der Waals surface area contributed by atoms with E-state index in [9.17, 15) is 20.0 Å². The molecule has 1 aromatic carbocycles. The molecule has 1 fully saturated rings. The molecule has 110 valence electrons. The minimum absolute atomic E-state index is 0.0573. The number of hydrogen-bond donors (Lipinski definition) is 1. The van der Waals surface area contributed by atoms with Gasteiger partial charge >= 0.3 is 5.97 Å². The van der Waals surface area contributed by atoms with Gasteiger partial charge in [0.25, 0.3) is 5.69 Å². The predicted molar refractivity (Wildman–Crippen MR) is 72.0 cm³/mol. The monoisotopic (exact) mass is 291 g/mol. The van der Waals surface area contributed by atoms with Gasteiger partial charge in [-0.05, 0) is 12.1 Å². The summed E-state index contributed by atoms with van der Waals surface area (Å²) >= 11 is 0. The molecule has 2 rings (SSSR count). The number of carboxylic acid groups (broad SMARTS) is 1. The Labute approximate surface area is 120 Å². The summed E-state index contributed by atoms with van der Waals surface area (Å²) in [7, 11) is 1.49. The quantitative estimate of drug-likeness (QED) is 0.653. The molecular weight excluding hydrogens is 278 g/mol. The molecule has 0 aliphatic carbocycles. The van der Waals surface area contributed by atoms with Crippen molar-refractivity contribution >= 4 is 17.3 Å². The number of anilines is 1. The lowest BCUT2D eigenvalue weighted by Crippen LogP contribution is -2.36. The number of hydrogen-bond acceptors (Lipinski definition) is 6. The molecule has 0 amide bonds. The van der Waals surface area contributed by atoms with E-state index in [-0.39, 0.29) is 17.4 Å². The molecule has 2 atom stereocenters. The van der Waals surface area contributed by atoms with Crippen molar-refractivity contribution in [3.05, 3.63) is 33.9 Å². The standard InChI is InChI=1S/C13H13N3O5/c1-21-10-5-12(13(17)18)15(7-10)9-3-2-8(6-14)11(4-9)16(19)20/h2-4,10,12H,5,7H2,1H3,(H,17,18). The zero-order chi connectivity index (χ0) is 15.6. The van der Waals surface area contributed by atoms with E-state index in [0.717, 1.165) is 0 Å². The Balaban J connectivity index is 2.41. The molecule has 1 aliphatic rings. The number of nitriles is 1. The van der Waals surface area contributed by atoms with Crippen LogP contribution in [0.25, 0.3) is 0 Å². The lowest BCUT2D eigenvalue weighted by atomic mass is 10.1. The summed E-state index contributed by atoms with van der Waals surface area (Å²) in [6.45, 7) is 0.330. The second-order valence-corrected chi connectivity index (χ2v) is 4.67. The van der Waals surface area contributed by atoms with Crippen molar-refractivity contribution in [3.63, 3.8) is 0 Å². The van der Waals surface area contributed by atoms with Crippen molar-refractivity contribution < 1.29 is 19.6 Å². The number of carbonyl (C=O) groups is 1. The van der Waals surface area contributed by atoms with E-state index in [0.29, 0.717) is 18.7 Å². The van der Waals surface area contributed by atoms with Gasteiger partial charge in [-0.2, -0.15) is 5.26 Å². The van der Waals surface area contributed by atoms with Gasteiger partial charge < -0.3 is 14.7 Å². The SMILES string of the molecule is COC1CC(C(=O)O)N(c2ccc(C#N)c([N+](=O)[O-])c2)C1. The van der Waals surface area contributed by atoms with Crippen molar-refractivity contribution in [2.45, 2.75) is 18.6 Å². The van der Waals surface area contributed by atoms with E-state index in [4.69, 9.17) is 10.00 Å². The molecule has 1 saturated heterocycles. The van der Waals surface area contributed by atoms with Gasteiger partial charge in [0, 0.05) is 31.8 Å². The van der Waals surface area contributed by atoms with Gasteiger partial charge in [0.2, 0.25) is 0 Å². The van der Waals surface area contributed by atoms with E-state index < -0.39 is 16.9 Å². The van der Waals surface area contributed by atoms with Gasteiger partial charge in [-0.3, -0.25) is 10.1 Å². The van der Waals surface area contributed by atoms with E-state index in [1.165, 1.54) is 25.3 Å². The van der Waals surface area contributed by atoms with Crippen LogP contribution in [0.3, 0.4) is 0 Å². The van der Waals surface area contributed by atoms with Gasteiger partial charge in [0.15, 0.2) is 0 Å². The lowest BCUT2D eigenvalue weighted by molar-refractivity contribution is -0.385. The first-order chi connectivity index (χ1) is 9.97. The molecule has 1 N–H and O–H groups in total. The highest BCUT2D eigenvalue weighted by atomic mass is 16.6. The highest BCUT2D eigenvalue weighted by Gasteiger charge is 2.37. The van der Waals surface area contributed by atoms with Crippen molar-refractivity contribution in [3.8, 4) is 6.07 Å². The fraction of sp³-hybridized carbons (Fsp3) is 0.385. The Kier molecular flexibility index (Phi) is 4.05. The summed E-state index contributed by atoms with van der Waals surface area (Å²) in [5.41, 5.74) is 0.00534. The van der Waals surface area contributed by atoms with Gasteiger partial charge in [0.05, 0.1) is 11.0 Å². The number of benzene rings is 1. The second kappa shape index (κ2) is 5.76. The van der Waals surface area contributed by atoms with Crippen LogP contribution in [0.2, 0.25) is 0 Å². The summed E-state index contributed by atoms with van der Waals surface area (Å²) in [4.78, 5) is 23.2. The minimum Gasteiger partial charge on any atom is -0.480 e. The van der Waals surface area contributed by atoms with E-state index in [1.54, 1.807) is 11.0 Å². The third kappa shape index (κ3) is 2.78. The van der Waals surface area contributed by atoms with Gasteiger partial charge in [-0.25, -0.2) is 4.79 Å². The summed E-state index contributed by atoms with van der Waals surface area (Å²) < 4.78 is 5.17. The minimum atomic E-state index is -1.01. The van der Waals surface area contributed by atoms with Crippen LogP contribution in [-0.2, 0) is 9.53 Å². The smallest absolute Gasteiger partial charge is 0.326 e. The van der Waals surface area contributed by atoms with E-state index in [1.807, 2.05) is 0 Å². The summed E-state index contributed by atoms with van der Waals surface area (Å²) in [5, 5.41) is 29.1. The van der Waals surface area contributed by atoms with Crippen LogP contribution in [0.15, 0.2) is 18.2 Å². The van der Waals surface area contributed by atoms with Crippen molar-refractivity contribution in [1.82, 2.24) is 0 Å². The van der Waals surface area contributed by atoms with Crippen LogP contribution in [0.5, 0.6) is 0 Å². The van der Waals surface area contributed by atoms with E-state index >= 15 is 0 Å². The Morgan fingerprint density at radius 1 is 1.62 bits per heavy atom. The molecule has 0 radical (unpaired) electrons. The number of carboxylic acids is 1. The molecule has 8 nitrogen and oxygen atoms in total. The zero-order valence-electron chi connectivity index (χ0n) is 11.2. The second-order valence-electron chi connectivity index (χ2n) is 4.67. The fourth-order valence-electron chi connectivity index (χ4n) is 2.43. The topological polar surface area (TPSA) is 117 Å². The molecule has 1 aromatic rings. The molecule has 21 heavy (non-hydrogen) atoms. The third-order valence-corrected chi connectivity index (χ3v) is 3.51. The molecule has 1 aliphatic heterocycles. The van der Waals surface area contributed by atoms with Crippen LogP contribution in [0, 0.1) is 21.4 Å². The normalized spacial score (nSPS) is 21.0. The Hall–Kier alpha value is -2.66. The maximum atomic E-state index is 11.3. The first kappa shape index (κ1) is 14.7. The lowest BCUT2D eigenvalue weighted by Gasteiger charge is -2.23. The number of rotatable bonds is 4. The van der Waals surface area contributed by atoms with Crippen LogP contribution >= 0.6 is 0 Å². The van der Waals surface area contributed by atoms with Crippen molar-refractivity contribution in [1.29, 1.82) is 5.26 Å². The molecule has 1 heterocycles. The summed E-state index contributed by atoms with van der Waals surface area (Å²) in [6, 6.07) is 5.01. The van der Waals surface area contributed by atoms with Crippen LogP contribution in [0.4, 0.5) is 11.4 Å². The molecule has 0 spiro atoms. The maximum Gasteiger partial charge on any atom is 0.326 e. The van der Waals surface area contributed by atoms with Crippen LogP contribution in [-0.4, -0.2) is 41.8 Å². The molecule has 0 saturated carbocycles. The number of aliphatic carboxylic acids is 1. The molecular formula is C13H13N3O5. The Morgan fingerprint density at radius 3 is 2.86 bits per heavy atom. The van der Waals surface area contributed by atoms with Crippen molar-refractivity contribution in [2.24, 2.45) is 0 Å². The average Bonchev–Trinajstić information content (AvgIpc) is 2.91. The number of nitrogens with zero attached hydrogens (tertiary/aromatic N) is 3. The third-order valence-electron chi connectivity index (χ3n) is 3.51. The maximum absolute atomic E-state index is 11.3. The molecule has 2 unspecified atom stereocenters. The van der Waals surface area contributed by atoms with Crippen molar-refractivity contribution in [2.75, 3.05) is 18.6 Å². The van der Waals surface area contributed by atoms with E-state index in [2.05, 4.69) is 0 Å². The highest BCUT2D eigenvalue weighted by molar-refractivity contribution is 5.80. The highest BCUT2D eigenvalue weighted by Crippen LogP contribution is 2.31. The Morgan fingerprint density at radius 2 is 2.33 bits per heavy atom. The molecule has 8 heteroatoms. The summed E-state index contributed by atoms with van der Waals surface area (Å²) in [5.74, 6) is -1.01. The predicted octanol–water partition coefficient (Wildman–Crippen LogP) is 1.14. The van der Waals surface area contributed by atoms with Gasteiger partial charge in [-0.15, -0.1) is 0 Å². The van der Waals surface area contributed by atoms with Gasteiger partial charge in [-0.1, -0.05) is 0 Å². The number of nitro groups is 1. The van der Waals surface area contributed by atoms with Crippen LogP contribution < -0.4 is 4.90 Å². The Bertz CT molecular complexity index is 625. The zero-order valence-corrected chi connectivity index (χ0v) is 11.2. The van der Waals surface area contributed by atoms with Crippen LogP contribution in [0.1, 0.15) is 12.0 Å².